The van der Waals surface area contributed by atoms with Crippen molar-refractivity contribution in [1.29, 1.82) is 0 Å². The Kier molecular flexibility index (Phi) is 4.02. The lowest BCUT2D eigenvalue weighted by Gasteiger charge is -2.24. The molecular weight excluding hydrogens is 306 g/mol. The molecule has 7 nitrogen and oxygen atoms in total. The number of urea groups is 1. The number of carbonyl (C=O) groups is 3. The normalized spacial score (nSPS) is 24.8. The summed E-state index contributed by atoms with van der Waals surface area (Å²) in [6, 6.07) is 3.44. The predicted molar refractivity (Wildman–Crippen MR) is 80.8 cm³/mol. The molecule has 2 saturated heterocycles. The maximum Gasteiger partial charge on any atom is 0.322 e. The van der Waals surface area contributed by atoms with Crippen molar-refractivity contribution in [3.8, 4) is 0 Å². The highest BCUT2D eigenvalue weighted by Gasteiger charge is 2.40. The molecule has 2 N–H and O–H groups in total. The topological polar surface area (TPSA) is 90.0 Å². The molecule has 3 heterocycles. The van der Waals surface area contributed by atoms with E-state index in [0.717, 1.165) is 5.00 Å². The number of amides is 3. The fourth-order valence-corrected chi connectivity index (χ4v) is 3.57. The van der Waals surface area contributed by atoms with Crippen LogP contribution in [0.5, 0.6) is 0 Å². The van der Waals surface area contributed by atoms with Gasteiger partial charge in [0.05, 0.1) is 17.0 Å². The van der Waals surface area contributed by atoms with Crippen LogP contribution in [0, 0.1) is 5.92 Å². The molecule has 1 aromatic heterocycles. The van der Waals surface area contributed by atoms with E-state index in [1.54, 1.807) is 9.80 Å². The fourth-order valence-electron chi connectivity index (χ4n) is 2.96. The summed E-state index contributed by atoms with van der Waals surface area (Å²) in [6.07, 6.45) is 0.753. The third-order valence-electron chi connectivity index (χ3n) is 4.15. The number of thiophene rings is 1. The summed E-state index contributed by atoms with van der Waals surface area (Å²) in [7, 11) is 0. The van der Waals surface area contributed by atoms with Crippen LogP contribution in [-0.2, 0) is 9.59 Å². The van der Waals surface area contributed by atoms with E-state index < -0.39 is 11.9 Å². The fraction of sp³-hybridized carbons (Fsp3) is 0.500. The van der Waals surface area contributed by atoms with E-state index in [0.29, 0.717) is 19.5 Å². The molecular formula is C14H17N3O4S. The summed E-state index contributed by atoms with van der Waals surface area (Å²) < 4.78 is 0. The van der Waals surface area contributed by atoms with Crippen LogP contribution in [0.2, 0.25) is 0 Å². The minimum absolute atomic E-state index is 0.0627. The van der Waals surface area contributed by atoms with Gasteiger partial charge in [-0.15, -0.1) is 11.3 Å². The first-order valence-electron chi connectivity index (χ1n) is 7.16. The van der Waals surface area contributed by atoms with E-state index in [1.165, 1.54) is 11.3 Å². The largest absolute Gasteiger partial charge is 0.481 e. The molecule has 2 atom stereocenters. The number of rotatable bonds is 3. The first-order valence-corrected chi connectivity index (χ1v) is 8.04. The van der Waals surface area contributed by atoms with Gasteiger partial charge < -0.3 is 14.9 Å². The van der Waals surface area contributed by atoms with Crippen molar-refractivity contribution in [3.63, 3.8) is 0 Å². The first-order chi connectivity index (χ1) is 10.5. The number of carboxylic acid groups (broad SMARTS) is 1. The van der Waals surface area contributed by atoms with Crippen molar-refractivity contribution in [2.75, 3.05) is 25.0 Å². The summed E-state index contributed by atoms with van der Waals surface area (Å²) in [4.78, 5) is 38.4. The number of hydrogen-bond acceptors (Lipinski definition) is 4. The summed E-state index contributed by atoms with van der Waals surface area (Å²) in [6.45, 7) is 1.28. The SMILES string of the molecule is O=C(O)C1CC(=O)N(C2CCN(C(=O)Nc3cccs3)C2)C1. The predicted octanol–water partition coefficient (Wildman–Crippen LogP) is 1.29. The molecule has 0 spiro atoms. The van der Waals surface area contributed by atoms with Gasteiger partial charge >= 0.3 is 12.0 Å². The molecule has 8 heteroatoms. The smallest absolute Gasteiger partial charge is 0.322 e. The molecule has 0 bridgehead atoms. The van der Waals surface area contributed by atoms with Gasteiger partial charge in [0.1, 0.15) is 0 Å². The van der Waals surface area contributed by atoms with Gasteiger partial charge in [-0.05, 0) is 23.9 Å². The second-order valence-corrected chi connectivity index (χ2v) is 6.53. The Morgan fingerprint density at radius 1 is 1.36 bits per heavy atom. The number of likely N-dealkylation sites (tertiary alicyclic amines) is 2. The maximum atomic E-state index is 12.2. The Morgan fingerprint density at radius 2 is 2.18 bits per heavy atom. The van der Waals surface area contributed by atoms with E-state index in [1.807, 2.05) is 17.5 Å². The van der Waals surface area contributed by atoms with Gasteiger partial charge in [-0.25, -0.2) is 4.79 Å². The highest BCUT2D eigenvalue weighted by atomic mass is 32.1. The zero-order valence-corrected chi connectivity index (χ0v) is 12.7. The van der Waals surface area contributed by atoms with Gasteiger partial charge in [0.2, 0.25) is 5.91 Å². The molecule has 0 radical (unpaired) electrons. The number of aliphatic carboxylic acids is 1. The van der Waals surface area contributed by atoms with E-state index in [2.05, 4.69) is 5.32 Å². The lowest BCUT2D eigenvalue weighted by molar-refractivity contribution is -0.141. The van der Waals surface area contributed by atoms with Crippen LogP contribution >= 0.6 is 11.3 Å². The van der Waals surface area contributed by atoms with Gasteiger partial charge in [-0.3, -0.25) is 14.9 Å². The highest BCUT2D eigenvalue weighted by Crippen LogP contribution is 2.26. The Bertz CT molecular complexity index is 589. The summed E-state index contributed by atoms with van der Waals surface area (Å²) in [5, 5.41) is 14.5. The lowest BCUT2D eigenvalue weighted by atomic mass is 10.1. The van der Waals surface area contributed by atoms with Crippen molar-refractivity contribution in [2.24, 2.45) is 5.92 Å². The van der Waals surface area contributed by atoms with Crippen molar-refractivity contribution in [3.05, 3.63) is 17.5 Å². The summed E-state index contributed by atoms with van der Waals surface area (Å²) in [5.74, 6) is -1.68. The third-order valence-corrected chi connectivity index (χ3v) is 4.94. The zero-order chi connectivity index (χ0) is 15.7. The number of nitrogens with zero attached hydrogens (tertiary/aromatic N) is 2. The molecule has 0 aromatic carbocycles. The zero-order valence-electron chi connectivity index (χ0n) is 11.9. The number of carbonyl (C=O) groups excluding carboxylic acids is 2. The molecule has 2 unspecified atom stereocenters. The van der Waals surface area contributed by atoms with Gasteiger partial charge in [0.25, 0.3) is 0 Å². The highest BCUT2D eigenvalue weighted by molar-refractivity contribution is 7.14. The average Bonchev–Trinajstić information content (AvgIpc) is 3.17. The molecule has 22 heavy (non-hydrogen) atoms. The van der Waals surface area contributed by atoms with Gasteiger partial charge in [0.15, 0.2) is 0 Å². The quantitative estimate of drug-likeness (QED) is 0.877. The van der Waals surface area contributed by atoms with E-state index in [4.69, 9.17) is 5.11 Å². The van der Waals surface area contributed by atoms with Crippen LogP contribution in [0.25, 0.3) is 0 Å². The van der Waals surface area contributed by atoms with E-state index in [-0.39, 0.29) is 30.9 Å². The van der Waals surface area contributed by atoms with Crippen LogP contribution in [-0.4, -0.2) is 58.5 Å². The third kappa shape index (κ3) is 2.92. The molecule has 3 rings (SSSR count). The number of hydrogen-bond donors (Lipinski definition) is 2. The van der Waals surface area contributed by atoms with Crippen LogP contribution in [0.15, 0.2) is 17.5 Å². The summed E-state index contributed by atoms with van der Waals surface area (Å²) in [5.41, 5.74) is 0. The molecule has 3 amide bonds. The van der Waals surface area contributed by atoms with Crippen LogP contribution < -0.4 is 5.32 Å². The Hall–Kier alpha value is -2.09. The molecule has 2 aliphatic heterocycles. The standard InChI is InChI=1S/C14H17N3O4S/c18-12-6-9(13(19)20)7-17(12)10-3-4-16(8-10)14(21)15-11-2-1-5-22-11/h1-2,5,9-10H,3-4,6-8H2,(H,15,21)(H,19,20). The summed E-state index contributed by atoms with van der Waals surface area (Å²) >= 11 is 1.45. The van der Waals surface area contributed by atoms with Crippen molar-refractivity contribution in [1.82, 2.24) is 9.80 Å². The van der Waals surface area contributed by atoms with Gasteiger partial charge in [-0.1, -0.05) is 0 Å². The van der Waals surface area contributed by atoms with Crippen LogP contribution in [0.4, 0.5) is 9.80 Å². The molecule has 1 aromatic rings. The minimum atomic E-state index is -0.929. The number of nitrogens with one attached hydrogen (secondary N) is 1. The maximum absolute atomic E-state index is 12.2. The van der Waals surface area contributed by atoms with Crippen molar-refractivity contribution in [2.45, 2.75) is 18.9 Å². The number of carboxylic acids is 1. The first kappa shape index (κ1) is 14.8. The van der Waals surface area contributed by atoms with Crippen LogP contribution in [0.1, 0.15) is 12.8 Å². The van der Waals surface area contributed by atoms with E-state index >= 15 is 0 Å². The second kappa shape index (κ2) is 5.96. The Morgan fingerprint density at radius 3 is 2.82 bits per heavy atom. The molecule has 118 valence electrons. The van der Waals surface area contributed by atoms with Gasteiger partial charge in [-0.2, -0.15) is 0 Å². The molecule has 2 fully saturated rings. The lowest BCUT2D eigenvalue weighted by Crippen LogP contribution is -2.41. The number of anilines is 1. The van der Waals surface area contributed by atoms with Crippen molar-refractivity contribution < 1.29 is 19.5 Å². The minimum Gasteiger partial charge on any atom is -0.481 e. The van der Waals surface area contributed by atoms with E-state index in [9.17, 15) is 14.4 Å². The second-order valence-electron chi connectivity index (χ2n) is 5.58. The molecule has 0 saturated carbocycles. The Balaban J connectivity index is 1.57. The van der Waals surface area contributed by atoms with Crippen LogP contribution in [0.3, 0.4) is 0 Å². The monoisotopic (exact) mass is 323 g/mol. The molecule has 2 aliphatic rings. The average molecular weight is 323 g/mol. The molecule has 0 aliphatic carbocycles. The Labute approximate surface area is 131 Å². The van der Waals surface area contributed by atoms with Crippen molar-refractivity contribution >= 4 is 34.2 Å². The van der Waals surface area contributed by atoms with Gasteiger partial charge in [0, 0.05) is 26.1 Å².